The van der Waals surface area contributed by atoms with Crippen LogP contribution in [0, 0.1) is 11.6 Å². The third-order valence-electron chi connectivity index (χ3n) is 9.17. The van der Waals surface area contributed by atoms with Crippen LogP contribution >= 0.6 is 15.9 Å². The summed E-state index contributed by atoms with van der Waals surface area (Å²) in [7, 11) is -10.7. The first-order valence-electron chi connectivity index (χ1n) is 18.4. The third kappa shape index (κ3) is 9.42. The molecular formula is C38H48BrF2N3O11S3. The van der Waals surface area contributed by atoms with Gasteiger partial charge in [-0.2, -0.15) is 12.9 Å². The van der Waals surface area contributed by atoms with Gasteiger partial charge in [-0.15, -0.1) is 0 Å². The van der Waals surface area contributed by atoms with Crippen LogP contribution in [0.3, 0.4) is 0 Å². The van der Waals surface area contributed by atoms with Gasteiger partial charge in [0.25, 0.3) is 0 Å². The maximum absolute atomic E-state index is 13.9. The number of nitrogens with zero attached hydrogens (tertiary/aromatic N) is 3. The molecule has 58 heavy (non-hydrogen) atoms. The van der Waals surface area contributed by atoms with Crippen molar-refractivity contribution < 1.29 is 57.8 Å². The largest absolute Gasteiger partial charge is 0.493 e. The summed E-state index contributed by atoms with van der Waals surface area (Å²) in [5, 5.41) is 0. The lowest BCUT2D eigenvalue weighted by Gasteiger charge is -2.18. The fourth-order valence-electron chi connectivity index (χ4n) is 6.38. The van der Waals surface area contributed by atoms with Crippen LogP contribution in [0.1, 0.15) is 99.7 Å². The zero-order chi connectivity index (χ0) is 43.7. The second-order valence-electron chi connectivity index (χ2n) is 14.1. The molecule has 3 heterocycles. The molecule has 0 bridgehead atoms. The number of halogens is 3. The molecule has 0 saturated carbocycles. The average Bonchev–Trinajstić information content (AvgIpc) is 3.66. The first-order valence-corrected chi connectivity index (χ1v) is 23.6. The number of hydrogen-bond acceptors (Lipinski definition) is 11. The van der Waals surface area contributed by atoms with Gasteiger partial charge < -0.3 is 14.2 Å². The predicted molar refractivity (Wildman–Crippen MR) is 214 cm³/mol. The van der Waals surface area contributed by atoms with Crippen LogP contribution in [-0.4, -0.2) is 88.1 Å². The van der Waals surface area contributed by atoms with Crippen molar-refractivity contribution in [1.82, 2.24) is 12.9 Å². The molecule has 0 saturated heterocycles. The smallest absolute Gasteiger partial charge is 0.341 e. The van der Waals surface area contributed by atoms with Gasteiger partial charge in [0.2, 0.25) is 30.1 Å². The molecule has 0 unspecified atom stereocenters. The van der Waals surface area contributed by atoms with Gasteiger partial charge >= 0.3 is 11.9 Å². The van der Waals surface area contributed by atoms with Crippen LogP contribution in [0.4, 0.5) is 8.78 Å². The molecule has 0 amide bonds. The molecule has 0 aliphatic carbocycles. The Kier molecular flexibility index (Phi) is 15.0. The van der Waals surface area contributed by atoms with E-state index in [1.165, 1.54) is 31.1 Å². The van der Waals surface area contributed by atoms with Gasteiger partial charge in [0.1, 0.15) is 22.9 Å². The lowest BCUT2D eigenvalue weighted by Crippen LogP contribution is -2.31. The van der Waals surface area contributed by atoms with Gasteiger partial charge in [0.15, 0.2) is 0 Å². The number of fused-ring (bicyclic) bond motifs is 3. The average molecular weight is 937 g/mol. The number of carbonyl (C=O) groups is 2. The second kappa shape index (κ2) is 18.4. The topological polar surface area (TPSA) is 174 Å². The molecule has 0 N–H and O–H groups in total. The molecule has 20 heteroatoms. The molecule has 320 valence electrons. The zero-order valence-corrected chi connectivity index (χ0v) is 37.7. The quantitative estimate of drug-likeness (QED) is 0.212. The van der Waals surface area contributed by atoms with Crippen molar-refractivity contribution in [2.24, 2.45) is 0 Å². The highest BCUT2D eigenvalue weighted by Gasteiger charge is 2.40. The SMILES string of the molecule is CC(C)N1Cc2cc(F)c(Br)cc2S1(=O)=O.CCOC(=O)c1cc2c(cc1F)CN(C(C)C)S2(=O)=O.CCOC(=O)c1cc2c(cc1OCC)CN(C(C)C)S2(=O)=O. The molecule has 3 aromatic carbocycles. The van der Waals surface area contributed by atoms with Gasteiger partial charge in [-0.05, 0) is 131 Å². The van der Waals surface area contributed by atoms with E-state index in [0.29, 0.717) is 35.6 Å². The van der Waals surface area contributed by atoms with Crippen LogP contribution in [0.2, 0.25) is 0 Å². The summed E-state index contributed by atoms with van der Waals surface area (Å²) in [5.41, 5.74) is 1.33. The van der Waals surface area contributed by atoms with E-state index in [4.69, 9.17) is 14.2 Å². The molecule has 3 aromatic rings. The summed E-state index contributed by atoms with van der Waals surface area (Å²) in [6.45, 7) is 17.2. The minimum Gasteiger partial charge on any atom is -0.493 e. The normalized spacial score (nSPS) is 17.5. The number of hydrogen-bond donors (Lipinski definition) is 0. The third-order valence-corrected chi connectivity index (χ3v) is 16.1. The molecular weight excluding hydrogens is 889 g/mol. The highest BCUT2D eigenvalue weighted by Crippen LogP contribution is 2.38. The first kappa shape index (κ1) is 47.2. The molecule has 0 fully saturated rings. The zero-order valence-electron chi connectivity index (χ0n) is 33.6. The van der Waals surface area contributed by atoms with E-state index < -0.39 is 53.6 Å². The van der Waals surface area contributed by atoms with Crippen molar-refractivity contribution in [3.05, 3.63) is 80.3 Å². The van der Waals surface area contributed by atoms with Crippen LogP contribution in [-0.2, 0) is 59.2 Å². The van der Waals surface area contributed by atoms with Gasteiger partial charge in [-0.25, -0.2) is 43.6 Å². The van der Waals surface area contributed by atoms with E-state index in [-0.39, 0.29) is 74.7 Å². The molecule has 0 atom stereocenters. The van der Waals surface area contributed by atoms with Gasteiger partial charge in [0, 0.05) is 37.8 Å². The van der Waals surface area contributed by atoms with Crippen LogP contribution in [0.25, 0.3) is 0 Å². The number of benzene rings is 3. The monoisotopic (exact) mass is 935 g/mol. The van der Waals surface area contributed by atoms with Crippen molar-refractivity contribution in [2.75, 3.05) is 19.8 Å². The standard InChI is InChI=1S/C15H21NO5S.C13H16FNO4S.C10H11BrFNO2S/c1-5-20-13-7-11-9-16(10(3)4)22(18,19)14(11)8-12(13)15(17)21-6-2;1-4-19-13(16)10-6-12-9(5-11(10)14)7-15(8(2)3)20(12,17)18;1-6(2)13-5-7-3-9(12)8(11)4-10(7)16(13,14)15/h7-8,10H,5-6,9H2,1-4H3;5-6,8H,4,7H2,1-3H3;3-4,6H,5H2,1-2H3. The van der Waals surface area contributed by atoms with E-state index in [2.05, 4.69) is 15.9 Å². The van der Waals surface area contributed by atoms with Crippen molar-refractivity contribution in [3.63, 3.8) is 0 Å². The molecule has 14 nitrogen and oxygen atoms in total. The summed E-state index contributed by atoms with van der Waals surface area (Å²) < 4.78 is 120. The second-order valence-corrected chi connectivity index (χ2v) is 20.5. The minimum absolute atomic E-state index is 0.0179. The Bertz CT molecular complexity index is 2410. The van der Waals surface area contributed by atoms with Gasteiger partial charge in [-0.1, -0.05) is 0 Å². The maximum Gasteiger partial charge on any atom is 0.341 e. The molecule has 0 radical (unpaired) electrons. The lowest BCUT2D eigenvalue weighted by molar-refractivity contribution is 0.0511. The van der Waals surface area contributed by atoms with Crippen molar-refractivity contribution >= 4 is 57.9 Å². The molecule has 0 aromatic heterocycles. The molecule has 0 spiro atoms. The highest BCUT2D eigenvalue weighted by molar-refractivity contribution is 9.10. The lowest BCUT2D eigenvalue weighted by atomic mass is 10.1. The molecule has 3 aliphatic heterocycles. The maximum atomic E-state index is 13.9. The minimum atomic E-state index is -3.67. The summed E-state index contributed by atoms with van der Waals surface area (Å²) >= 11 is 3.00. The highest BCUT2D eigenvalue weighted by atomic mass is 79.9. The van der Waals surface area contributed by atoms with Crippen molar-refractivity contribution in [1.29, 1.82) is 0 Å². The molecule has 3 aliphatic rings. The van der Waals surface area contributed by atoms with E-state index in [1.807, 2.05) is 13.8 Å². The number of sulfonamides is 3. The Balaban J connectivity index is 0.000000195. The van der Waals surface area contributed by atoms with E-state index >= 15 is 0 Å². The number of esters is 2. The van der Waals surface area contributed by atoms with Gasteiger partial charge in [-0.3, -0.25) is 0 Å². The Morgan fingerprint density at radius 1 is 0.586 bits per heavy atom. The Hall–Kier alpha value is -3.53. The predicted octanol–water partition coefficient (Wildman–Crippen LogP) is 6.59. The fourth-order valence-corrected chi connectivity index (χ4v) is 12.4. The number of ether oxygens (including phenoxy) is 3. The van der Waals surface area contributed by atoms with E-state index in [0.717, 1.165) is 12.1 Å². The Labute approximate surface area is 347 Å². The van der Waals surface area contributed by atoms with Crippen LogP contribution in [0.5, 0.6) is 5.75 Å². The van der Waals surface area contributed by atoms with E-state index in [9.17, 15) is 43.6 Å². The van der Waals surface area contributed by atoms with Crippen molar-refractivity contribution in [3.8, 4) is 5.75 Å². The number of rotatable bonds is 9. The summed E-state index contributed by atoms with van der Waals surface area (Å²) in [6.07, 6.45) is 0. The van der Waals surface area contributed by atoms with Crippen LogP contribution in [0.15, 0.2) is 55.6 Å². The Morgan fingerprint density at radius 3 is 1.34 bits per heavy atom. The Morgan fingerprint density at radius 2 is 0.948 bits per heavy atom. The van der Waals surface area contributed by atoms with Crippen LogP contribution < -0.4 is 4.74 Å². The van der Waals surface area contributed by atoms with Crippen molar-refractivity contribution in [2.45, 2.75) is 115 Å². The first-order chi connectivity index (χ1) is 26.9. The molecule has 6 rings (SSSR count). The summed E-state index contributed by atoms with van der Waals surface area (Å²) in [5.74, 6) is -2.26. The summed E-state index contributed by atoms with van der Waals surface area (Å²) in [6, 6.07) is 7.27. The van der Waals surface area contributed by atoms with Gasteiger partial charge in [0.05, 0.1) is 44.5 Å². The number of carbonyl (C=O) groups excluding carboxylic acids is 2. The summed E-state index contributed by atoms with van der Waals surface area (Å²) in [4.78, 5) is 24.0. The fraction of sp³-hybridized carbons (Fsp3) is 0.474. The van der Waals surface area contributed by atoms with E-state index in [1.54, 1.807) is 54.5 Å².